The van der Waals surface area contributed by atoms with Crippen molar-refractivity contribution >= 4 is 52.3 Å². The van der Waals surface area contributed by atoms with Gasteiger partial charge in [0.05, 0.1) is 35.2 Å². The largest absolute Gasteiger partial charge is 0.478 e. The molecular formula is C24H19N3O6S. The average Bonchev–Trinajstić information content (AvgIpc) is 2.84. The van der Waals surface area contributed by atoms with E-state index >= 15 is 0 Å². The van der Waals surface area contributed by atoms with Crippen LogP contribution < -0.4 is 16.4 Å². The number of aromatic carboxylic acids is 1. The van der Waals surface area contributed by atoms with Crippen molar-refractivity contribution in [3.8, 4) is 0 Å². The number of anilines is 2. The van der Waals surface area contributed by atoms with E-state index in [1.807, 2.05) is 0 Å². The molecule has 3 rings (SSSR count). The number of amides is 2. The van der Waals surface area contributed by atoms with Gasteiger partial charge in [0, 0.05) is 11.1 Å². The van der Waals surface area contributed by atoms with Crippen LogP contribution in [0.3, 0.4) is 0 Å². The summed E-state index contributed by atoms with van der Waals surface area (Å²) in [6.07, 6.45) is 0. The second-order valence-electron chi connectivity index (χ2n) is 6.95. The third-order valence-corrected chi connectivity index (χ3v) is 5.01. The molecule has 5 N–H and O–H groups in total. The maximum Gasteiger partial charge on any atom is 0.337 e. The molecule has 0 aliphatic heterocycles. The Hall–Kier alpha value is -4.57. The molecule has 0 heterocycles. The molecular weight excluding hydrogens is 458 g/mol. The molecule has 0 atom stereocenters. The van der Waals surface area contributed by atoms with Crippen LogP contribution in [0, 0.1) is 0 Å². The van der Waals surface area contributed by atoms with Gasteiger partial charge in [-0.3, -0.25) is 9.59 Å². The number of esters is 1. The summed E-state index contributed by atoms with van der Waals surface area (Å²) in [4.78, 5) is 49.3. The lowest BCUT2D eigenvalue weighted by molar-refractivity contribution is 0.0599. The number of carbonyl (C=O) groups is 4. The first-order valence-corrected chi connectivity index (χ1v) is 10.2. The number of benzene rings is 3. The van der Waals surface area contributed by atoms with Crippen molar-refractivity contribution in [1.29, 1.82) is 0 Å². The van der Waals surface area contributed by atoms with E-state index in [0.29, 0.717) is 5.56 Å². The van der Waals surface area contributed by atoms with Crippen molar-refractivity contribution in [2.75, 3.05) is 17.7 Å². The highest BCUT2D eigenvalue weighted by Crippen LogP contribution is 2.26. The van der Waals surface area contributed by atoms with Gasteiger partial charge in [-0.1, -0.05) is 36.5 Å². The number of carboxylic acids is 1. The zero-order valence-electron chi connectivity index (χ0n) is 17.8. The Kier molecular flexibility index (Phi) is 7.34. The molecule has 3 aromatic rings. The van der Waals surface area contributed by atoms with E-state index in [2.05, 4.69) is 10.6 Å². The molecule has 10 heteroatoms. The highest BCUT2D eigenvalue weighted by Gasteiger charge is 2.19. The number of hydrogen-bond donors (Lipinski definition) is 4. The van der Waals surface area contributed by atoms with Gasteiger partial charge in [0.1, 0.15) is 4.99 Å². The van der Waals surface area contributed by atoms with Crippen LogP contribution in [0.15, 0.2) is 66.7 Å². The Bertz CT molecular complexity index is 1300. The number of ether oxygens (including phenoxy) is 1. The first-order chi connectivity index (χ1) is 16.2. The second kappa shape index (κ2) is 10.4. The zero-order valence-corrected chi connectivity index (χ0v) is 18.6. The summed E-state index contributed by atoms with van der Waals surface area (Å²) >= 11 is 4.91. The van der Waals surface area contributed by atoms with Gasteiger partial charge in [-0.15, -0.1) is 0 Å². The van der Waals surface area contributed by atoms with E-state index in [9.17, 15) is 24.3 Å². The van der Waals surface area contributed by atoms with E-state index in [1.165, 1.54) is 61.7 Å². The molecule has 0 unspecified atom stereocenters. The molecule has 9 nitrogen and oxygen atoms in total. The third kappa shape index (κ3) is 5.43. The fourth-order valence-electron chi connectivity index (χ4n) is 3.04. The molecule has 0 aliphatic carbocycles. The minimum Gasteiger partial charge on any atom is -0.478 e. The van der Waals surface area contributed by atoms with E-state index in [1.54, 1.807) is 12.1 Å². The van der Waals surface area contributed by atoms with Crippen molar-refractivity contribution < 1.29 is 29.0 Å². The summed E-state index contributed by atoms with van der Waals surface area (Å²) < 4.78 is 4.72. The average molecular weight is 477 g/mol. The molecule has 0 saturated carbocycles. The van der Waals surface area contributed by atoms with Crippen LogP contribution in [0.1, 0.15) is 47.0 Å². The van der Waals surface area contributed by atoms with Crippen LogP contribution in [-0.4, -0.2) is 41.0 Å². The van der Waals surface area contributed by atoms with E-state index in [-0.39, 0.29) is 38.6 Å². The number of methoxy groups -OCH3 is 1. The number of thiocarbonyl (C=S) groups is 1. The van der Waals surface area contributed by atoms with Crippen LogP contribution in [0.5, 0.6) is 0 Å². The van der Waals surface area contributed by atoms with Gasteiger partial charge in [0.15, 0.2) is 0 Å². The molecule has 0 bridgehead atoms. The van der Waals surface area contributed by atoms with Gasteiger partial charge in [-0.2, -0.15) is 0 Å². The topological polar surface area (TPSA) is 148 Å². The van der Waals surface area contributed by atoms with Crippen molar-refractivity contribution in [3.05, 3.63) is 94.5 Å². The summed E-state index contributed by atoms with van der Waals surface area (Å²) in [5.41, 5.74) is 6.56. The van der Waals surface area contributed by atoms with Crippen molar-refractivity contribution in [2.45, 2.75) is 0 Å². The van der Waals surface area contributed by atoms with E-state index in [4.69, 9.17) is 22.7 Å². The van der Waals surface area contributed by atoms with Crippen LogP contribution in [0.25, 0.3) is 0 Å². The minimum absolute atomic E-state index is 0.0716. The molecule has 2 amide bonds. The van der Waals surface area contributed by atoms with Crippen LogP contribution in [-0.2, 0) is 4.74 Å². The Labute approximate surface area is 199 Å². The van der Waals surface area contributed by atoms with Crippen molar-refractivity contribution in [1.82, 2.24) is 0 Å². The van der Waals surface area contributed by atoms with Gasteiger partial charge in [0.2, 0.25) is 0 Å². The maximum atomic E-state index is 12.8. The third-order valence-electron chi connectivity index (χ3n) is 4.77. The summed E-state index contributed by atoms with van der Waals surface area (Å²) in [5, 5.41) is 14.6. The first kappa shape index (κ1) is 24.1. The molecule has 0 radical (unpaired) electrons. The zero-order chi connectivity index (χ0) is 24.8. The van der Waals surface area contributed by atoms with Crippen molar-refractivity contribution in [3.63, 3.8) is 0 Å². The molecule has 0 aliphatic rings. The normalized spacial score (nSPS) is 10.1. The Morgan fingerprint density at radius 1 is 0.794 bits per heavy atom. The quantitative estimate of drug-likeness (QED) is 0.299. The molecule has 34 heavy (non-hydrogen) atoms. The predicted molar refractivity (Wildman–Crippen MR) is 129 cm³/mol. The highest BCUT2D eigenvalue weighted by molar-refractivity contribution is 7.80. The Balaban J connectivity index is 1.94. The lowest BCUT2D eigenvalue weighted by atomic mass is 10.1. The number of carbonyl (C=O) groups excluding carboxylic acids is 3. The minimum atomic E-state index is -1.26. The fraction of sp³-hybridized carbons (Fsp3) is 0.0417. The molecule has 0 fully saturated rings. The van der Waals surface area contributed by atoms with Gasteiger partial charge in [-0.25, -0.2) is 9.59 Å². The van der Waals surface area contributed by atoms with E-state index in [0.717, 1.165) is 0 Å². The lowest BCUT2D eigenvalue weighted by Gasteiger charge is -2.15. The standard InChI is InChI=1S/C24H19N3O6S/c1-33-24(32)15-10-11-18(26-22(29)16-4-2-3-5-17(16)23(30)31)19(12-15)27-21(28)14-8-6-13(7-9-14)20(25)34/h2-12H,1H3,(H2,25,34)(H,26,29)(H,27,28)(H,30,31). The van der Waals surface area contributed by atoms with Gasteiger partial charge < -0.3 is 26.2 Å². The summed E-state index contributed by atoms with van der Waals surface area (Å²) in [5.74, 6) is -3.15. The highest BCUT2D eigenvalue weighted by atomic mass is 32.1. The number of carboxylic acid groups (broad SMARTS) is 1. The van der Waals surface area contributed by atoms with Gasteiger partial charge >= 0.3 is 11.9 Å². The summed E-state index contributed by atoms with van der Waals surface area (Å²) in [7, 11) is 1.21. The number of rotatable bonds is 7. The Morgan fingerprint density at radius 3 is 1.94 bits per heavy atom. The Morgan fingerprint density at radius 2 is 1.35 bits per heavy atom. The SMILES string of the molecule is COC(=O)c1ccc(NC(=O)c2ccccc2C(=O)O)c(NC(=O)c2ccc(C(N)=S)cc2)c1. The number of hydrogen-bond acceptors (Lipinski definition) is 6. The molecule has 0 aromatic heterocycles. The number of nitrogens with two attached hydrogens (primary N) is 1. The van der Waals surface area contributed by atoms with Crippen molar-refractivity contribution in [2.24, 2.45) is 5.73 Å². The molecule has 172 valence electrons. The van der Waals surface area contributed by atoms with Crippen LogP contribution in [0.2, 0.25) is 0 Å². The van der Waals surface area contributed by atoms with E-state index < -0.39 is 23.8 Å². The van der Waals surface area contributed by atoms with Gasteiger partial charge in [-0.05, 0) is 42.5 Å². The number of nitrogens with one attached hydrogen (secondary N) is 2. The lowest BCUT2D eigenvalue weighted by Crippen LogP contribution is -2.19. The predicted octanol–water partition coefficient (Wildman–Crippen LogP) is 3.31. The summed E-state index contributed by atoms with van der Waals surface area (Å²) in [6.45, 7) is 0. The molecule has 0 spiro atoms. The second-order valence-corrected chi connectivity index (χ2v) is 7.39. The maximum absolute atomic E-state index is 12.8. The molecule has 0 saturated heterocycles. The summed E-state index contributed by atoms with van der Waals surface area (Å²) in [6, 6.07) is 16.1. The molecule has 3 aromatic carbocycles. The van der Waals surface area contributed by atoms with Crippen LogP contribution in [0.4, 0.5) is 11.4 Å². The van der Waals surface area contributed by atoms with Gasteiger partial charge in [0.25, 0.3) is 11.8 Å². The van der Waals surface area contributed by atoms with Crippen LogP contribution >= 0.6 is 12.2 Å². The smallest absolute Gasteiger partial charge is 0.337 e. The fourth-order valence-corrected chi connectivity index (χ4v) is 3.18. The first-order valence-electron chi connectivity index (χ1n) is 9.78. The monoisotopic (exact) mass is 477 g/mol.